The Balaban J connectivity index is 1.92. The van der Waals surface area contributed by atoms with Crippen molar-refractivity contribution < 1.29 is 14.1 Å². The van der Waals surface area contributed by atoms with Crippen molar-refractivity contribution in [3.8, 4) is 0 Å². The first-order chi connectivity index (χ1) is 10.7. The van der Waals surface area contributed by atoms with Crippen LogP contribution in [0, 0.1) is 0 Å². The van der Waals surface area contributed by atoms with E-state index < -0.39 is 0 Å². The number of para-hydroxylation sites is 1. The van der Waals surface area contributed by atoms with Gasteiger partial charge in [-0.15, -0.1) is 0 Å². The van der Waals surface area contributed by atoms with Gasteiger partial charge in [0.05, 0.1) is 7.11 Å². The number of likely N-dealkylation sites (N-methyl/N-ethyl adjacent to an activating group) is 1. The number of hydrogen-bond acceptors (Lipinski definition) is 2. The average Bonchev–Trinajstić information content (AvgIpc) is 2.93. The van der Waals surface area contributed by atoms with Gasteiger partial charge in [0, 0.05) is 30.2 Å². The molecular formula is C18H23N2O2+. The van der Waals surface area contributed by atoms with Gasteiger partial charge >= 0.3 is 5.97 Å². The lowest BCUT2D eigenvalue weighted by Gasteiger charge is -2.15. The number of H-pyrrole nitrogens is 1. The minimum Gasteiger partial charge on any atom is -0.469 e. The van der Waals surface area contributed by atoms with E-state index in [-0.39, 0.29) is 5.97 Å². The van der Waals surface area contributed by atoms with Crippen molar-refractivity contribution in [1.82, 2.24) is 4.98 Å². The van der Waals surface area contributed by atoms with E-state index in [9.17, 15) is 4.79 Å². The van der Waals surface area contributed by atoms with Crippen molar-refractivity contribution in [3.05, 3.63) is 35.5 Å². The van der Waals surface area contributed by atoms with Crippen LogP contribution in [0.3, 0.4) is 0 Å². The largest absolute Gasteiger partial charge is 0.469 e. The van der Waals surface area contributed by atoms with Crippen molar-refractivity contribution in [2.24, 2.45) is 0 Å². The Morgan fingerprint density at radius 1 is 1.36 bits per heavy atom. The highest BCUT2D eigenvalue weighted by atomic mass is 16.5. The fourth-order valence-electron chi connectivity index (χ4n) is 3.38. The third-order valence-electron chi connectivity index (χ3n) is 4.52. The van der Waals surface area contributed by atoms with Crippen molar-refractivity contribution in [3.63, 3.8) is 0 Å². The van der Waals surface area contributed by atoms with Crippen LogP contribution in [0.2, 0.25) is 0 Å². The lowest BCUT2D eigenvalue weighted by atomic mass is 9.98. The molecule has 116 valence electrons. The zero-order valence-electron chi connectivity index (χ0n) is 13.3. The van der Waals surface area contributed by atoms with E-state index >= 15 is 0 Å². The van der Waals surface area contributed by atoms with Crippen LogP contribution in [-0.2, 0) is 16.0 Å². The summed E-state index contributed by atoms with van der Waals surface area (Å²) in [5, 5.41) is 1.33. The molecule has 0 aliphatic carbocycles. The molecule has 1 aromatic carbocycles. The predicted octanol–water partition coefficient (Wildman–Crippen LogP) is 2.89. The standard InChI is InChI=1S/C18H22N2O2/c1-3-20-12-11-14-13-7-4-5-8-15(13)19-18(14)16(20)9-6-10-17(21)22-2/h4-5,7-8H,3,6,9-12H2,1-2H3/p+1. The van der Waals surface area contributed by atoms with E-state index in [4.69, 9.17) is 4.74 Å². The number of aromatic amines is 1. The van der Waals surface area contributed by atoms with Crippen molar-refractivity contribution in [2.45, 2.75) is 32.6 Å². The molecule has 0 atom stereocenters. The maximum absolute atomic E-state index is 11.3. The van der Waals surface area contributed by atoms with Crippen LogP contribution >= 0.6 is 0 Å². The smallest absolute Gasteiger partial charge is 0.305 e. The SMILES string of the molecule is CC[N+]1=C(CCCC(=O)OC)c2[nH]c3ccccc3c2CC1. The molecule has 0 radical (unpaired) electrons. The number of hydrogen-bond donors (Lipinski definition) is 1. The van der Waals surface area contributed by atoms with Crippen LogP contribution in [0.5, 0.6) is 0 Å². The maximum atomic E-state index is 11.3. The summed E-state index contributed by atoms with van der Waals surface area (Å²) in [5.74, 6) is -0.128. The van der Waals surface area contributed by atoms with Crippen LogP contribution in [0.15, 0.2) is 24.3 Å². The summed E-state index contributed by atoms with van der Waals surface area (Å²) in [6.07, 6.45) is 3.29. The van der Waals surface area contributed by atoms with Crippen LogP contribution in [0.4, 0.5) is 0 Å². The number of aromatic nitrogens is 1. The third-order valence-corrected chi connectivity index (χ3v) is 4.52. The first-order valence-electron chi connectivity index (χ1n) is 8.02. The second kappa shape index (κ2) is 6.34. The minimum atomic E-state index is -0.128. The fourth-order valence-corrected chi connectivity index (χ4v) is 3.38. The Morgan fingerprint density at radius 2 is 2.18 bits per heavy atom. The predicted molar refractivity (Wildman–Crippen MR) is 87.6 cm³/mol. The second-order valence-electron chi connectivity index (χ2n) is 5.73. The third kappa shape index (κ3) is 2.65. The molecule has 1 N–H and O–H groups in total. The molecule has 4 nitrogen and oxygen atoms in total. The highest BCUT2D eigenvalue weighted by Gasteiger charge is 2.27. The number of rotatable bonds is 5. The summed E-state index contributed by atoms with van der Waals surface area (Å²) >= 11 is 0. The topological polar surface area (TPSA) is 45.1 Å². The summed E-state index contributed by atoms with van der Waals surface area (Å²) in [5.41, 5.74) is 5.23. The Kier molecular flexibility index (Phi) is 4.27. The van der Waals surface area contributed by atoms with Gasteiger partial charge in [-0.1, -0.05) is 18.2 Å². The van der Waals surface area contributed by atoms with E-state index in [1.165, 1.54) is 35.0 Å². The van der Waals surface area contributed by atoms with Gasteiger partial charge in [-0.3, -0.25) is 4.79 Å². The normalized spacial score (nSPS) is 14.3. The Labute approximate surface area is 130 Å². The van der Waals surface area contributed by atoms with Gasteiger partial charge < -0.3 is 9.72 Å². The van der Waals surface area contributed by atoms with Gasteiger partial charge in [0.1, 0.15) is 18.8 Å². The number of ether oxygens (including phenoxy) is 1. The molecule has 2 aromatic rings. The number of nitrogens with one attached hydrogen (secondary N) is 1. The van der Waals surface area contributed by atoms with E-state index in [1.807, 2.05) is 0 Å². The number of fused-ring (bicyclic) bond motifs is 3. The van der Waals surface area contributed by atoms with E-state index in [0.29, 0.717) is 6.42 Å². The molecule has 0 amide bonds. The molecule has 0 saturated carbocycles. The lowest BCUT2D eigenvalue weighted by Crippen LogP contribution is -2.30. The highest BCUT2D eigenvalue weighted by molar-refractivity contribution is 6.03. The average molecular weight is 299 g/mol. The van der Waals surface area contributed by atoms with Crippen LogP contribution in [0.1, 0.15) is 37.4 Å². The molecule has 0 spiro atoms. The monoisotopic (exact) mass is 299 g/mol. The van der Waals surface area contributed by atoms with Gasteiger partial charge in [0.15, 0.2) is 5.71 Å². The molecule has 22 heavy (non-hydrogen) atoms. The Bertz CT molecular complexity index is 728. The number of nitrogens with zero attached hydrogens (tertiary/aromatic N) is 1. The molecule has 1 aliphatic rings. The van der Waals surface area contributed by atoms with E-state index in [1.54, 1.807) is 0 Å². The number of esters is 1. The zero-order valence-corrected chi connectivity index (χ0v) is 13.3. The summed E-state index contributed by atoms with van der Waals surface area (Å²) in [6.45, 7) is 4.25. The quantitative estimate of drug-likeness (QED) is 0.681. The van der Waals surface area contributed by atoms with Gasteiger partial charge in [0.2, 0.25) is 0 Å². The number of carbonyl (C=O) groups excluding carboxylic acids is 1. The summed E-state index contributed by atoms with van der Waals surface area (Å²) in [4.78, 5) is 14.9. The van der Waals surface area contributed by atoms with Crippen LogP contribution in [0.25, 0.3) is 10.9 Å². The second-order valence-corrected chi connectivity index (χ2v) is 5.73. The maximum Gasteiger partial charge on any atom is 0.305 e. The molecule has 0 fully saturated rings. The number of carbonyl (C=O) groups is 1. The van der Waals surface area contributed by atoms with Gasteiger partial charge in [0.25, 0.3) is 0 Å². The molecule has 3 rings (SSSR count). The molecule has 0 unspecified atom stereocenters. The first-order valence-corrected chi connectivity index (χ1v) is 8.02. The van der Waals surface area contributed by atoms with E-state index in [0.717, 1.165) is 32.4 Å². The van der Waals surface area contributed by atoms with Crippen molar-refractivity contribution in [2.75, 3.05) is 20.2 Å². The first kappa shape index (κ1) is 14.8. The zero-order chi connectivity index (χ0) is 15.5. The molecule has 1 aliphatic heterocycles. The molecular weight excluding hydrogens is 276 g/mol. The van der Waals surface area contributed by atoms with Crippen LogP contribution < -0.4 is 0 Å². The van der Waals surface area contributed by atoms with Crippen molar-refractivity contribution >= 4 is 22.6 Å². The molecule has 1 aromatic heterocycles. The summed E-state index contributed by atoms with van der Waals surface area (Å²) in [6, 6.07) is 8.49. The fraction of sp³-hybridized carbons (Fsp3) is 0.444. The van der Waals surface area contributed by atoms with E-state index in [2.05, 4.69) is 40.7 Å². The Hall–Kier alpha value is -2.10. The molecule has 0 bridgehead atoms. The number of methoxy groups -OCH3 is 1. The van der Waals surface area contributed by atoms with Crippen LogP contribution in [-0.4, -0.2) is 41.4 Å². The number of benzene rings is 1. The molecule has 2 heterocycles. The van der Waals surface area contributed by atoms with Gasteiger partial charge in [-0.2, -0.15) is 0 Å². The minimum absolute atomic E-state index is 0.128. The van der Waals surface area contributed by atoms with Crippen molar-refractivity contribution in [1.29, 1.82) is 0 Å². The van der Waals surface area contributed by atoms with Gasteiger partial charge in [-0.05, 0) is 25.0 Å². The summed E-state index contributed by atoms with van der Waals surface area (Å²) in [7, 11) is 1.45. The van der Waals surface area contributed by atoms with Gasteiger partial charge in [-0.25, -0.2) is 4.58 Å². The summed E-state index contributed by atoms with van der Waals surface area (Å²) < 4.78 is 7.17. The molecule has 0 saturated heterocycles. The highest BCUT2D eigenvalue weighted by Crippen LogP contribution is 2.27. The molecule has 4 heteroatoms. The lowest BCUT2D eigenvalue weighted by molar-refractivity contribution is -0.526. The Morgan fingerprint density at radius 3 is 2.95 bits per heavy atom.